The highest BCUT2D eigenvalue weighted by Gasteiger charge is 2.28. The fourth-order valence-electron chi connectivity index (χ4n) is 3.43. The van der Waals surface area contributed by atoms with E-state index in [1.807, 2.05) is 43.3 Å². The molecule has 1 atom stereocenters. The number of rotatable bonds is 6. The Morgan fingerprint density at radius 3 is 2.03 bits per heavy atom. The van der Waals surface area contributed by atoms with Gasteiger partial charge in [-0.2, -0.15) is 0 Å². The van der Waals surface area contributed by atoms with Crippen molar-refractivity contribution in [2.45, 2.75) is 72.1 Å². The summed E-state index contributed by atoms with van der Waals surface area (Å²) in [5.41, 5.74) is 2.97. The number of hydrogen-bond acceptors (Lipinski definition) is 3. The Morgan fingerprint density at radius 2 is 1.42 bits per heavy atom. The standard InChI is InChI=1S/C27H32O2S2/c1-19-15-17-20(18-16-19)31(28)24-14-10-12-22(27(5,6)29-7)25(24)30-23-13-9-8-11-21(23)26(2,3)4/h8-18H,1-7H3. The van der Waals surface area contributed by atoms with Crippen molar-refractivity contribution < 1.29 is 8.95 Å². The van der Waals surface area contributed by atoms with Crippen molar-refractivity contribution >= 4 is 22.6 Å². The first kappa shape index (κ1) is 23.8. The Kier molecular flexibility index (Phi) is 7.14. The summed E-state index contributed by atoms with van der Waals surface area (Å²) in [6.45, 7) is 12.8. The van der Waals surface area contributed by atoms with E-state index in [-0.39, 0.29) is 5.41 Å². The molecule has 0 radical (unpaired) electrons. The van der Waals surface area contributed by atoms with Crippen LogP contribution in [0.5, 0.6) is 0 Å². The molecule has 31 heavy (non-hydrogen) atoms. The maximum absolute atomic E-state index is 13.7. The second-order valence-corrected chi connectivity index (χ2v) is 11.8. The van der Waals surface area contributed by atoms with Gasteiger partial charge >= 0.3 is 0 Å². The van der Waals surface area contributed by atoms with Crippen molar-refractivity contribution in [2.24, 2.45) is 0 Å². The highest BCUT2D eigenvalue weighted by Crippen LogP contribution is 2.44. The van der Waals surface area contributed by atoms with Crippen molar-refractivity contribution in [3.8, 4) is 0 Å². The smallest absolute Gasteiger partial charge is 0.0882 e. The molecule has 0 aliphatic rings. The molecule has 4 heteroatoms. The Bertz CT molecular complexity index is 1080. The van der Waals surface area contributed by atoms with Crippen molar-refractivity contribution in [1.29, 1.82) is 0 Å². The topological polar surface area (TPSA) is 26.3 Å². The van der Waals surface area contributed by atoms with E-state index < -0.39 is 16.4 Å². The van der Waals surface area contributed by atoms with E-state index >= 15 is 0 Å². The van der Waals surface area contributed by atoms with Crippen LogP contribution in [-0.4, -0.2) is 11.3 Å². The molecule has 0 aliphatic heterocycles. The van der Waals surface area contributed by atoms with Gasteiger partial charge in [-0.3, -0.25) is 0 Å². The first-order chi connectivity index (χ1) is 14.5. The van der Waals surface area contributed by atoms with Gasteiger partial charge in [0.15, 0.2) is 0 Å². The summed E-state index contributed by atoms with van der Waals surface area (Å²) in [5, 5.41) is 0. The minimum Gasteiger partial charge on any atom is -0.374 e. The predicted octanol–water partition coefficient (Wildman–Crippen LogP) is 7.49. The first-order valence-corrected chi connectivity index (χ1v) is 12.5. The van der Waals surface area contributed by atoms with Crippen LogP contribution in [0.1, 0.15) is 51.3 Å². The van der Waals surface area contributed by atoms with Crippen LogP contribution in [0.25, 0.3) is 0 Å². The summed E-state index contributed by atoms with van der Waals surface area (Å²) in [7, 11) is 0.432. The van der Waals surface area contributed by atoms with Gasteiger partial charge in [0.2, 0.25) is 0 Å². The molecule has 0 fully saturated rings. The van der Waals surface area contributed by atoms with Gasteiger partial charge in [-0.25, -0.2) is 4.21 Å². The van der Waals surface area contributed by atoms with Gasteiger partial charge < -0.3 is 4.74 Å². The highest BCUT2D eigenvalue weighted by molar-refractivity contribution is 8.00. The monoisotopic (exact) mass is 452 g/mol. The quantitative estimate of drug-likeness (QED) is 0.387. The SMILES string of the molecule is COC(C)(C)c1cccc(S(=O)c2ccc(C)cc2)c1Sc1ccccc1C(C)(C)C. The Morgan fingerprint density at radius 1 is 0.806 bits per heavy atom. The lowest BCUT2D eigenvalue weighted by atomic mass is 9.87. The van der Waals surface area contributed by atoms with Gasteiger partial charge in [-0.1, -0.05) is 80.6 Å². The molecule has 0 aromatic heterocycles. The minimum absolute atomic E-state index is 0.00554. The third-order valence-corrected chi connectivity index (χ3v) is 8.27. The zero-order valence-corrected chi connectivity index (χ0v) is 21.1. The largest absolute Gasteiger partial charge is 0.374 e. The number of aryl methyl sites for hydroxylation is 1. The van der Waals surface area contributed by atoms with Crippen LogP contribution in [-0.2, 0) is 26.6 Å². The van der Waals surface area contributed by atoms with E-state index in [2.05, 4.69) is 65.0 Å². The highest BCUT2D eigenvalue weighted by atomic mass is 32.2. The second kappa shape index (κ2) is 9.32. The molecule has 0 N–H and O–H groups in total. The van der Waals surface area contributed by atoms with E-state index in [0.717, 1.165) is 25.8 Å². The fourth-order valence-corrected chi connectivity index (χ4v) is 6.34. The van der Waals surface area contributed by atoms with Gasteiger partial charge in [0.1, 0.15) is 0 Å². The summed E-state index contributed by atoms with van der Waals surface area (Å²) < 4.78 is 19.5. The van der Waals surface area contributed by atoms with Gasteiger partial charge in [-0.05, 0) is 61.6 Å². The van der Waals surface area contributed by atoms with E-state index in [1.165, 1.54) is 10.5 Å². The van der Waals surface area contributed by atoms with Crippen LogP contribution >= 0.6 is 11.8 Å². The molecule has 0 aliphatic carbocycles. The van der Waals surface area contributed by atoms with Crippen molar-refractivity contribution in [1.82, 2.24) is 0 Å². The molecule has 0 saturated heterocycles. The lowest BCUT2D eigenvalue weighted by Crippen LogP contribution is -2.21. The summed E-state index contributed by atoms with van der Waals surface area (Å²) >= 11 is 1.69. The Hall–Kier alpha value is -1.88. The van der Waals surface area contributed by atoms with Gasteiger partial charge in [-0.15, -0.1) is 0 Å². The molecule has 3 aromatic rings. The zero-order chi connectivity index (χ0) is 22.8. The molecule has 0 saturated carbocycles. The fraction of sp³-hybridized carbons (Fsp3) is 0.333. The first-order valence-electron chi connectivity index (χ1n) is 10.5. The zero-order valence-electron chi connectivity index (χ0n) is 19.5. The maximum atomic E-state index is 13.7. The number of ether oxygens (including phenoxy) is 1. The van der Waals surface area contributed by atoms with Crippen molar-refractivity contribution in [2.75, 3.05) is 7.11 Å². The van der Waals surface area contributed by atoms with Crippen LogP contribution in [0.3, 0.4) is 0 Å². The third kappa shape index (κ3) is 5.31. The predicted molar refractivity (Wildman–Crippen MR) is 132 cm³/mol. The van der Waals surface area contributed by atoms with E-state index in [1.54, 1.807) is 18.9 Å². The summed E-state index contributed by atoms with van der Waals surface area (Å²) in [4.78, 5) is 3.81. The summed E-state index contributed by atoms with van der Waals surface area (Å²) in [5.74, 6) is 0. The van der Waals surface area contributed by atoms with Crippen LogP contribution < -0.4 is 0 Å². The number of benzene rings is 3. The molecule has 0 spiro atoms. The van der Waals surface area contributed by atoms with E-state index in [4.69, 9.17) is 4.74 Å². The lowest BCUT2D eigenvalue weighted by molar-refractivity contribution is 0.0166. The second-order valence-electron chi connectivity index (χ2n) is 9.28. The van der Waals surface area contributed by atoms with Gasteiger partial charge in [0.25, 0.3) is 0 Å². The molecule has 3 aromatic carbocycles. The van der Waals surface area contributed by atoms with Crippen molar-refractivity contribution in [3.05, 3.63) is 83.4 Å². The molecule has 164 valence electrons. The van der Waals surface area contributed by atoms with Crippen LogP contribution in [0.15, 0.2) is 86.3 Å². The average Bonchev–Trinajstić information content (AvgIpc) is 2.73. The minimum atomic E-state index is -1.29. The molecule has 0 bridgehead atoms. The van der Waals surface area contributed by atoms with E-state index in [9.17, 15) is 4.21 Å². The third-order valence-electron chi connectivity index (χ3n) is 5.48. The maximum Gasteiger partial charge on any atom is 0.0882 e. The molecule has 2 nitrogen and oxygen atoms in total. The van der Waals surface area contributed by atoms with Crippen LogP contribution in [0.2, 0.25) is 0 Å². The Labute approximate surface area is 193 Å². The molecule has 0 amide bonds. The summed E-state index contributed by atoms with van der Waals surface area (Å²) in [6.07, 6.45) is 0. The molecule has 1 unspecified atom stereocenters. The van der Waals surface area contributed by atoms with E-state index in [0.29, 0.717) is 0 Å². The number of hydrogen-bond donors (Lipinski definition) is 0. The summed E-state index contributed by atoms with van der Waals surface area (Å²) in [6, 6.07) is 22.5. The molecule has 0 heterocycles. The van der Waals surface area contributed by atoms with Crippen LogP contribution in [0.4, 0.5) is 0 Å². The van der Waals surface area contributed by atoms with Gasteiger partial charge in [0, 0.05) is 21.8 Å². The molecule has 3 rings (SSSR count). The molecular formula is C27H32O2S2. The Balaban J connectivity index is 2.20. The molecular weight excluding hydrogens is 420 g/mol. The lowest BCUT2D eigenvalue weighted by Gasteiger charge is -2.28. The van der Waals surface area contributed by atoms with Crippen molar-refractivity contribution in [3.63, 3.8) is 0 Å². The van der Waals surface area contributed by atoms with Crippen LogP contribution in [0, 0.1) is 6.92 Å². The number of methoxy groups -OCH3 is 1. The van der Waals surface area contributed by atoms with Gasteiger partial charge in [0.05, 0.1) is 21.3 Å². The normalized spacial score (nSPS) is 13.3. The average molecular weight is 453 g/mol.